The lowest BCUT2D eigenvalue weighted by molar-refractivity contribution is -0.136. The molecule has 2 amide bonds. The number of aromatic hydroxyl groups is 1. The summed E-state index contributed by atoms with van der Waals surface area (Å²) < 4.78 is 39.5. The summed E-state index contributed by atoms with van der Waals surface area (Å²) in [6, 6.07) is 13.4. The predicted octanol–water partition coefficient (Wildman–Crippen LogP) is 3.71. The van der Waals surface area contributed by atoms with Crippen molar-refractivity contribution in [1.82, 2.24) is 4.90 Å². The molecule has 6 nitrogen and oxygen atoms in total. The largest absolute Gasteiger partial charge is 0.506 e. The Morgan fingerprint density at radius 1 is 1.04 bits per heavy atom. The fourth-order valence-electron chi connectivity index (χ4n) is 2.37. The number of amides is 2. The number of allylic oxidation sites excluding steroid dienone is 1. The van der Waals surface area contributed by atoms with E-state index in [1.54, 1.807) is 30.3 Å². The number of rotatable bonds is 5. The van der Waals surface area contributed by atoms with Crippen molar-refractivity contribution in [2.24, 2.45) is 0 Å². The van der Waals surface area contributed by atoms with Gasteiger partial charge in [0.1, 0.15) is 5.75 Å². The highest BCUT2D eigenvalue weighted by molar-refractivity contribution is 6.06. The van der Waals surface area contributed by atoms with Crippen molar-refractivity contribution in [1.29, 1.82) is 0 Å². The van der Waals surface area contributed by atoms with Crippen molar-refractivity contribution >= 4 is 17.5 Å². The number of benzene rings is 2. The Labute approximate surface area is 158 Å². The summed E-state index contributed by atoms with van der Waals surface area (Å²) in [5.74, 6) is -4.89. The molecule has 0 aliphatic heterocycles. The van der Waals surface area contributed by atoms with Crippen molar-refractivity contribution < 1.29 is 33.0 Å². The van der Waals surface area contributed by atoms with Crippen LogP contribution >= 0.6 is 0 Å². The minimum atomic E-state index is -5.27. The lowest BCUT2D eigenvalue weighted by atomic mass is 10.1. The maximum absolute atomic E-state index is 13.2. The molecular formula is C19H17F3N2O4. The van der Waals surface area contributed by atoms with Crippen LogP contribution in [0.3, 0.4) is 0 Å². The summed E-state index contributed by atoms with van der Waals surface area (Å²) in [7, 11) is 0. The van der Waals surface area contributed by atoms with E-state index in [1.807, 2.05) is 0 Å². The van der Waals surface area contributed by atoms with E-state index in [-0.39, 0.29) is 18.0 Å². The molecule has 0 fully saturated rings. The van der Waals surface area contributed by atoms with Crippen molar-refractivity contribution in [2.45, 2.75) is 19.6 Å². The number of carbonyl (C=O) groups is 2. The zero-order chi connectivity index (χ0) is 20.9. The fourth-order valence-corrected chi connectivity index (χ4v) is 2.37. The van der Waals surface area contributed by atoms with E-state index in [0.717, 1.165) is 6.92 Å². The number of aliphatic hydroxyl groups excluding tert-OH is 1. The van der Waals surface area contributed by atoms with Gasteiger partial charge in [-0.3, -0.25) is 9.59 Å². The molecule has 2 rings (SSSR count). The molecule has 0 aliphatic carbocycles. The Morgan fingerprint density at radius 3 is 2.14 bits per heavy atom. The summed E-state index contributed by atoms with van der Waals surface area (Å²) in [5, 5.41) is 21.5. The van der Waals surface area contributed by atoms with Gasteiger partial charge in [-0.1, -0.05) is 42.5 Å². The van der Waals surface area contributed by atoms with Crippen LogP contribution in [0.4, 0.5) is 18.9 Å². The molecule has 0 aliphatic rings. The van der Waals surface area contributed by atoms with Crippen molar-refractivity contribution in [3.63, 3.8) is 0 Å². The van der Waals surface area contributed by atoms with Gasteiger partial charge in [-0.2, -0.15) is 13.2 Å². The van der Waals surface area contributed by atoms with Crippen LogP contribution in [0.25, 0.3) is 0 Å². The van der Waals surface area contributed by atoms with E-state index >= 15 is 0 Å². The molecule has 0 heterocycles. The number of phenols is 1. The quantitative estimate of drug-likeness (QED) is 0.410. The number of halogens is 3. The summed E-state index contributed by atoms with van der Waals surface area (Å²) in [6.07, 6.45) is -5.27. The highest BCUT2D eigenvalue weighted by atomic mass is 19.4. The Kier molecular flexibility index (Phi) is 6.29. The van der Waals surface area contributed by atoms with Crippen molar-refractivity contribution in [2.75, 3.05) is 5.32 Å². The van der Waals surface area contributed by atoms with Crippen LogP contribution in [0.5, 0.6) is 5.75 Å². The number of nitrogens with zero attached hydrogens (tertiary/aromatic N) is 1. The van der Waals surface area contributed by atoms with Gasteiger partial charge >= 0.3 is 6.18 Å². The number of para-hydroxylation sites is 2. The molecule has 0 atom stereocenters. The van der Waals surface area contributed by atoms with E-state index in [2.05, 4.69) is 5.32 Å². The minimum absolute atomic E-state index is 0.178. The standard InChI is InChI=1S/C19H17F3N2O4/c1-12(25)24(11-13-7-3-2-4-8-13)16(17(27)19(20,21)22)18(28)23-14-9-5-6-10-15(14)26/h2-10,26-27H,11H2,1H3,(H,23,28)/b17-16+. The summed E-state index contributed by atoms with van der Waals surface area (Å²) >= 11 is 0. The minimum Gasteiger partial charge on any atom is -0.506 e. The van der Waals surface area contributed by atoms with Crippen LogP contribution in [0.1, 0.15) is 12.5 Å². The van der Waals surface area contributed by atoms with Crippen LogP contribution in [0.15, 0.2) is 66.1 Å². The lowest BCUT2D eigenvalue weighted by Gasteiger charge is -2.25. The van der Waals surface area contributed by atoms with Crippen LogP contribution in [-0.4, -0.2) is 33.1 Å². The lowest BCUT2D eigenvalue weighted by Crippen LogP contribution is -2.37. The topological polar surface area (TPSA) is 89.9 Å². The van der Waals surface area contributed by atoms with Gasteiger partial charge in [-0.05, 0) is 17.7 Å². The van der Waals surface area contributed by atoms with Gasteiger partial charge < -0.3 is 20.4 Å². The molecule has 0 saturated heterocycles. The Hall–Kier alpha value is -3.49. The number of carbonyl (C=O) groups excluding carboxylic acids is 2. The third-order valence-corrected chi connectivity index (χ3v) is 3.69. The highest BCUT2D eigenvalue weighted by Crippen LogP contribution is 2.30. The predicted molar refractivity (Wildman–Crippen MR) is 95.1 cm³/mol. The number of nitrogens with one attached hydrogen (secondary N) is 1. The molecule has 3 N–H and O–H groups in total. The van der Waals surface area contributed by atoms with Gasteiger partial charge in [0, 0.05) is 6.92 Å². The van der Waals surface area contributed by atoms with Gasteiger partial charge in [0.2, 0.25) is 11.7 Å². The van der Waals surface area contributed by atoms with Gasteiger partial charge in [0.15, 0.2) is 5.70 Å². The number of aliphatic hydroxyl groups is 1. The molecule has 0 bridgehead atoms. The number of phenolic OH excluding ortho intramolecular Hbond substituents is 1. The Bertz CT molecular complexity index is 896. The zero-order valence-electron chi connectivity index (χ0n) is 14.7. The first kappa shape index (κ1) is 20.8. The number of hydrogen-bond donors (Lipinski definition) is 3. The maximum Gasteiger partial charge on any atom is 0.451 e. The summed E-state index contributed by atoms with van der Waals surface area (Å²) in [6.45, 7) is 0.597. The van der Waals surface area contributed by atoms with Gasteiger partial charge in [0.25, 0.3) is 5.91 Å². The molecule has 28 heavy (non-hydrogen) atoms. The normalized spacial score (nSPS) is 12.1. The number of alkyl halides is 3. The average Bonchev–Trinajstić information content (AvgIpc) is 2.63. The van der Waals surface area contributed by atoms with E-state index in [4.69, 9.17) is 0 Å². The van der Waals surface area contributed by atoms with E-state index in [9.17, 15) is 33.0 Å². The van der Waals surface area contributed by atoms with Gasteiger partial charge in [-0.15, -0.1) is 0 Å². The third-order valence-electron chi connectivity index (χ3n) is 3.69. The van der Waals surface area contributed by atoms with Gasteiger partial charge in [0.05, 0.1) is 12.2 Å². The second-order valence-electron chi connectivity index (χ2n) is 5.76. The first-order valence-corrected chi connectivity index (χ1v) is 8.03. The van der Waals surface area contributed by atoms with Crippen LogP contribution in [-0.2, 0) is 16.1 Å². The number of hydrogen-bond acceptors (Lipinski definition) is 4. The van der Waals surface area contributed by atoms with Gasteiger partial charge in [-0.25, -0.2) is 0 Å². The SMILES string of the molecule is CC(=O)N(Cc1ccccc1)/C(C(=O)Nc1ccccc1O)=C(/O)C(F)(F)F. The maximum atomic E-state index is 13.2. The monoisotopic (exact) mass is 394 g/mol. The first-order valence-electron chi connectivity index (χ1n) is 8.03. The van der Waals surface area contributed by atoms with E-state index < -0.39 is 29.4 Å². The number of anilines is 1. The van der Waals surface area contributed by atoms with E-state index in [0.29, 0.717) is 10.5 Å². The smallest absolute Gasteiger partial charge is 0.451 e. The average molecular weight is 394 g/mol. The van der Waals surface area contributed by atoms with E-state index in [1.165, 1.54) is 24.3 Å². The molecule has 148 valence electrons. The van der Waals surface area contributed by atoms with Crippen LogP contribution in [0.2, 0.25) is 0 Å². The second-order valence-corrected chi connectivity index (χ2v) is 5.76. The molecule has 2 aromatic rings. The van der Waals surface area contributed by atoms with Crippen molar-refractivity contribution in [3.8, 4) is 5.75 Å². The molecule has 0 radical (unpaired) electrons. The third kappa shape index (κ3) is 5.03. The molecule has 0 saturated carbocycles. The molecular weight excluding hydrogens is 377 g/mol. The Morgan fingerprint density at radius 2 is 1.61 bits per heavy atom. The van der Waals surface area contributed by atoms with Crippen molar-refractivity contribution in [3.05, 3.63) is 71.6 Å². The molecule has 0 spiro atoms. The molecule has 0 unspecified atom stereocenters. The molecule has 9 heteroatoms. The molecule has 2 aromatic carbocycles. The fraction of sp³-hybridized carbons (Fsp3) is 0.158. The van der Waals surface area contributed by atoms with Crippen LogP contribution < -0.4 is 5.32 Å². The summed E-state index contributed by atoms with van der Waals surface area (Å²) in [4.78, 5) is 25.1. The zero-order valence-corrected chi connectivity index (χ0v) is 14.7. The Balaban J connectivity index is 2.50. The summed E-state index contributed by atoms with van der Waals surface area (Å²) in [5.41, 5.74) is -1.00. The second kappa shape index (κ2) is 8.47. The molecule has 0 aromatic heterocycles. The first-order chi connectivity index (χ1) is 13.1. The highest BCUT2D eigenvalue weighted by Gasteiger charge is 2.41. The van der Waals surface area contributed by atoms with Crippen LogP contribution in [0, 0.1) is 0 Å².